The molecule has 21 heavy (non-hydrogen) atoms. The Hall–Kier alpha value is -1.30. The van der Waals surface area contributed by atoms with E-state index in [-0.39, 0.29) is 0 Å². The van der Waals surface area contributed by atoms with E-state index in [1.807, 2.05) is 24.7 Å². The van der Waals surface area contributed by atoms with Crippen LogP contribution in [-0.2, 0) is 13.1 Å². The van der Waals surface area contributed by atoms with Crippen molar-refractivity contribution in [1.82, 2.24) is 19.8 Å². The molecule has 1 aliphatic rings. The maximum absolute atomic E-state index is 4.45. The van der Waals surface area contributed by atoms with Crippen molar-refractivity contribution >= 4 is 15.9 Å². The predicted octanol–water partition coefficient (Wildman–Crippen LogP) is 2.56. The summed E-state index contributed by atoms with van der Waals surface area (Å²) in [4.78, 5) is 13.6. The lowest BCUT2D eigenvalue weighted by Crippen LogP contribution is -2.45. The van der Waals surface area contributed by atoms with Crippen molar-refractivity contribution in [3.05, 3.63) is 58.6 Å². The Balaban J connectivity index is 1.47. The maximum atomic E-state index is 4.45. The summed E-state index contributed by atoms with van der Waals surface area (Å²) < 4.78 is 1.03. The molecule has 0 amide bonds. The average Bonchev–Trinajstić information content (AvgIpc) is 2.53. The highest BCUT2D eigenvalue weighted by Crippen LogP contribution is 2.12. The lowest BCUT2D eigenvalue weighted by atomic mass is 10.2. The fourth-order valence-corrected chi connectivity index (χ4v) is 2.82. The van der Waals surface area contributed by atoms with Crippen LogP contribution in [0.4, 0.5) is 0 Å². The Morgan fingerprint density at radius 1 is 0.952 bits per heavy atom. The van der Waals surface area contributed by atoms with Crippen LogP contribution < -0.4 is 0 Å². The SMILES string of the molecule is Brc1ccc(CN2CCN(Cc3cccnc3)CC2)nc1. The summed E-state index contributed by atoms with van der Waals surface area (Å²) in [7, 11) is 0. The van der Waals surface area contributed by atoms with Gasteiger partial charge in [-0.25, -0.2) is 0 Å². The topological polar surface area (TPSA) is 32.3 Å². The lowest BCUT2D eigenvalue weighted by Gasteiger charge is -2.34. The van der Waals surface area contributed by atoms with Gasteiger partial charge in [0, 0.05) is 62.3 Å². The van der Waals surface area contributed by atoms with Gasteiger partial charge < -0.3 is 0 Å². The Morgan fingerprint density at radius 3 is 2.33 bits per heavy atom. The van der Waals surface area contributed by atoms with Crippen LogP contribution in [-0.4, -0.2) is 45.9 Å². The Morgan fingerprint density at radius 2 is 1.71 bits per heavy atom. The van der Waals surface area contributed by atoms with Crippen molar-refractivity contribution in [3.8, 4) is 0 Å². The molecular weight excluding hydrogens is 328 g/mol. The minimum atomic E-state index is 0.939. The molecule has 110 valence electrons. The molecule has 0 aliphatic carbocycles. The Labute approximate surface area is 133 Å². The van der Waals surface area contributed by atoms with E-state index in [9.17, 15) is 0 Å². The number of nitrogens with zero attached hydrogens (tertiary/aromatic N) is 4. The van der Waals surface area contributed by atoms with Gasteiger partial charge in [-0.15, -0.1) is 0 Å². The number of halogens is 1. The van der Waals surface area contributed by atoms with E-state index in [0.29, 0.717) is 0 Å². The smallest absolute Gasteiger partial charge is 0.0544 e. The third-order valence-corrected chi connectivity index (χ3v) is 4.24. The summed E-state index contributed by atoms with van der Waals surface area (Å²) in [6.45, 7) is 6.33. The third-order valence-electron chi connectivity index (χ3n) is 3.77. The van der Waals surface area contributed by atoms with Gasteiger partial charge in [0.15, 0.2) is 0 Å². The number of hydrogen-bond acceptors (Lipinski definition) is 4. The van der Waals surface area contributed by atoms with Gasteiger partial charge in [-0.1, -0.05) is 6.07 Å². The van der Waals surface area contributed by atoms with Crippen LogP contribution in [0, 0.1) is 0 Å². The zero-order valence-corrected chi connectivity index (χ0v) is 13.5. The maximum Gasteiger partial charge on any atom is 0.0544 e. The molecule has 0 saturated carbocycles. The quantitative estimate of drug-likeness (QED) is 0.851. The molecule has 0 radical (unpaired) electrons. The van der Waals surface area contributed by atoms with Gasteiger partial charge in [0.1, 0.15) is 0 Å². The van der Waals surface area contributed by atoms with Gasteiger partial charge in [0.25, 0.3) is 0 Å². The first-order valence-electron chi connectivity index (χ1n) is 7.24. The predicted molar refractivity (Wildman–Crippen MR) is 86.7 cm³/mol. The third kappa shape index (κ3) is 4.33. The van der Waals surface area contributed by atoms with Gasteiger partial charge in [-0.05, 0) is 39.7 Å². The summed E-state index contributed by atoms with van der Waals surface area (Å²) in [5, 5.41) is 0. The normalized spacial score (nSPS) is 17.0. The number of pyridine rings is 2. The first-order valence-corrected chi connectivity index (χ1v) is 8.03. The first-order chi connectivity index (χ1) is 10.3. The lowest BCUT2D eigenvalue weighted by molar-refractivity contribution is 0.121. The number of hydrogen-bond donors (Lipinski definition) is 0. The molecule has 1 aliphatic heterocycles. The molecule has 1 fully saturated rings. The van der Waals surface area contributed by atoms with Crippen LogP contribution in [0.3, 0.4) is 0 Å². The molecule has 3 heterocycles. The molecule has 0 bridgehead atoms. The number of aromatic nitrogens is 2. The van der Waals surface area contributed by atoms with Gasteiger partial charge in [0.2, 0.25) is 0 Å². The highest BCUT2D eigenvalue weighted by Gasteiger charge is 2.17. The van der Waals surface area contributed by atoms with Crippen molar-refractivity contribution in [2.45, 2.75) is 13.1 Å². The van der Waals surface area contributed by atoms with E-state index in [4.69, 9.17) is 0 Å². The molecule has 5 heteroatoms. The minimum Gasteiger partial charge on any atom is -0.296 e. The molecule has 2 aromatic heterocycles. The highest BCUT2D eigenvalue weighted by molar-refractivity contribution is 9.10. The fraction of sp³-hybridized carbons (Fsp3) is 0.375. The van der Waals surface area contributed by atoms with Crippen molar-refractivity contribution in [2.75, 3.05) is 26.2 Å². The summed E-state index contributed by atoms with van der Waals surface area (Å²) >= 11 is 3.42. The monoisotopic (exact) mass is 346 g/mol. The molecule has 0 N–H and O–H groups in total. The summed E-state index contributed by atoms with van der Waals surface area (Å²) in [5.41, 5.74) is 2.43. The Kier molecular flexibility index (Phi) is 4.95. The zero-order valence-electron chi connectivity index (χ0n) is 12.0. The molecule has 0 aromatic carbocycles. The Bertz CT molecular complexity index is 550. The fourth-order valence-electron chi connectivity index (χ4n) is 2.58. The summed E-state index contributed by atoms with van der Waals surface area (Å²) in [6, 6.07) is 8.29. The number of rotatable bonds is 4. The molecule has 1 saturated heterocycles. The van der Waals surface area contributed by atoms with E-state index in [1.54, 1.807) is 0 Å². The van der Waals surface area contributed by atoms with E-state index >= 15 is 0 Å². The van der Waals surface area contributed by atoms with E-state index in [0.717, 1.165) is 49.4 Å². The van der Waals surface area contributed by atoms with Crippen molar-refractivity contribution < 1.29 is 0 Å². The first kappa shape index (κ1) is 14.6. The van der Waals surface area contributed by atoms with E-state index in [2.05, 4.69) is 53.9 Å². The van der Waals surface area contributed by atoms with Crippen LogP contribution in [0.25, 0.3) is 0 Å². The average molecular weight is 347 g/mol. The van der Waals surface area contributed by atoms with Crippen LogP contribution in [0.2, 0.25) is 0 Å². The van der Waals surface area contributed by atoms with E-state index < -0.39 is 0 Å². The van der Waals surface area contributed by atoms with E-state index in [1.165, 1.54) is 5.56 Å². The second-order valence-electron chi connectivity index (χ2n) is 5.38. The second-order valence-corrected chi connectivity index (χ2v) is 6.30. The van der Waals surface area contributed by atoms with Crippen LogP contribution >= 0.6 is 15.9 Å². The minimum absolute atomic E-state index is 0.939. The molecule has 0 unspecified atom stereocenters. The molecular formula is C16H19BrN4. The van der Waals surface area contributed by atoms with Gasteiger partial charge in [-0.3, -0.25) is 19.8 Å². The van der Waals surface area contributed by atoms with Gasteiger partial charge >= 0.3 is 0 Å². The van der Waals surface area contributed by atoms with Crippen molar-refractivity contribution in [2.24, 2.45) is 0 Å². The van der Waals surface area contributed by atoms with Crippen LogP contribution in [0.5, 0.6) is 0 Å². The van der Waals surface area contributed by atoms with Gasteiger partial charge in [0.05, 0.1) is 5.69 Å². The molecule has 3 rings (SSSR count). The standard InChI is InChI=1S/C16H19BrN4/c17-15-3-4-16(19-11-15)13-21-8-6-20(7-9-21)12-14-2-1-5-18-10-14/h1-5,10-11H,6-9,12-13H2. The number of piperazine rings is 1. The van der Waals surface area contributed by atoms with Crippen molar-refractivity contribution in [1.29, 1.82) is 0 Å². The van der Waals surface area contributed by atoms with Crippen LogP contribution in [0.15, 0.2) is 47.3 Å². The highest BCUT2D eigenvalue weighted by atomic mass is 79.9. The molecule has 2 aromatic rings. The largest absolute Gasteiger partial charge is 0.296 e. The molecule has 0 atom stereocenters. The summed E-state index contributed by atoms with van der Waals surface area (Å²) in [6.07, 6.45) is 5.65. The summed E-state index contributed by atoms with van der Waals surface area (Å²) in [5.74, 6) is 0. The molecule has 4 nitrogen and oxygen atoms in total. The second kappa shape index (κ2) is 7.11. The van der Waals surface area contributed by atoms with Crippen LogP contribution in [0.1, 0.15) is 11.3 Å². The zero-order chi connectivity index (χ0) is 14.5. The van der Waals surface area contributed by atoms with Gasteiger partial charge in [-0.2, -0.15) is 0 Å². The molecule has 0 spiro atoms. The van der Waals surface area contributed by atoms with Crippen molar-refractivity contribution in [3.63, 3.8) is 0 Å².